The summed E-state index contributed by atoms with van der Waals surface area (Å²) < 4.78 is 0. The maximum atomic E-state index is 4.90. The van der Waals surface area contributed by atoms with E-state index in [9.17, 15) is 0 Å². The number of hydrogen-bond donors (Lipinski definition) is 1. The summed E-state index contributed by atoms with van der Waals surface area (Å²) in [5.41, 5.74) is 1.78. The van der Waals surface area contributed by atoms with E-state index in [4.69, 9.17) is 4.98 Å². The quantitative estimate of drug-likeness (QED) is 0.895. The average Bonchev–Trinajstić information content (AvgIpc) is 2.74. The zero-order valence-electron chi connectivity index (χ0n) is 13.5. The summed E-state index contributed by atoms with van der Waals surface area (Å²) in [4.78, 5) is 8.83. The van der Waals surface area contributed by atoms with Crippen LogP contribution >= 0.6 is 11.3 Å². The van der Waals surface area contributed by atoms with Crippen molar-refractivity contribution >= 4 is 16.5 Å². The van der Waals surface area contributed by atoms with Crippen molar-refractivity contribution in [3.05, 3.63) is 10.6 Å². The van der Waals surface area contributed by atoms with Crippen molar-refractivity contribution in [2.45, 2.75) is 59.9 Å². The Balaban J connectivity index is 2.09. The lowest BCUT2D eigenvalue weighted by molar-refractivity contribution is 0.325. The van der Waals surface area contributed by atoms with Crippen molar-refractivity contribution in [3.63, 3.8) is 0 Å². The Labute approximate surface area is 127 Å². The highest BCUT2D eigenvalue weighted by molar-refractivity contribution is 7.15. The Morgan fingerprint density at radius 2 is 2.05 bits per heavy atom. The van der Waals surface area contributed by atoms with Crippen molar-refractivity contribution < 1.29 is 0 Å². The number of nitrogens with zero attached hydrogens (tertiary/aromatic N) is 2. The van der Waals surface area contributed by atoms with E-state index < -0.39 is 0 Å². The minimum absolute atomic E-state index is 0.492. The number of rotatable bonds is 5. The van der Waals surface area contributed by atoms with Gasteiger partial charge in [-0.3, -0.25) is 0 Å². The summed E-state index contributed by atoms with van der Waals surface area (Å²) in [5, 5.41) is 4.68. The van der Waals surface area contributed by atoms with Crippen molar-refractivity contribution in [2.24, 2.45) is 5.41 Å². The lowest BCUT2D eigenvalue weighted by Crippen LogP contribution is -2.24. The molecule has 1 aromatic heterocycles. The number of anilines is 1. The molecule has 0 saturated carbocycles. The molecule has 1 aromatic rings. The molecule has 2 rings (SSSR count). The first-order valence-corrected chi connectivity index (χ1v) is 8.81. The fraction of sp³-hybridized carbons (Fsp3) is 0.812. The monoisotopic (exact) mass is 295 g/mol. The second-order valence-electron chi connectivity index (χ2n) is 6.51. The van der Waals surface area contributed by atoms with Gasteiger partial charge in [0.25, 0.3) is 0 Å². The van der Waals surface area contributed by atoms with E-state index >= 15 is 0 Å². The largest absolute Gasteiger partial charge is 0.348 e. The van der Waals surface area contributed by atoms with Crippen LogP contribution in [0.5, 0.6) is 0 Å². The summed E-state index contributed by atoms with van der Waals surface area (Å²) in [7, 11) is 0. The van der Waals surface area contributed by atoms with Gasteiger partial charge in [-0.15, -0.1) is 11.3 Å². The fourth-order valence-electron chi connectivity index (χ4n) is 2.77. The van der Waals surface area contributed by atoms with E-state index in [1.54, 1.807) is 0 Å². The lowest BCUT2D eigenvalue weighted by atomic mass is 9.85. The second kappa shape index (κ2) is 6.90. The first-order valence-electron chi connectivity index (χ1n) is 8.00. The Morgan fingerprint density at radius 1 is 1.25 bits per heavy atom. The van der Waals surface area contributed by atoms with Gasteiger partial charge in [-0.25, -0.2) is 4.98 Å². The smallest absolute Gasteiger partial charge is 0.185 e. The van der Waals surface area contributed by atoms with Gasteiger partial charge in [-0.2, -0.15) is 0 Å². The fourth-order valence-corrected chi connectivity index (χ4v) is 3.94. The van der Waals surface area contributed by atoms with Gasteiger partial charge >= 0.3 is 0 Å². The molecule has 0 atom stereocenters. The third-order valence-corrected chi connectivity index (χ3v) is 5.41. The van der Waals surface area contributed by atoms with Crippen LogP contribution in [0.4, 0.5) is 5.13 Å². The zero-order chi connectivity index (χ0) is 14.6. The Kier molecular flexibility index (Phi) is 5.44. The van der Waals surface area contributed by atoms with Gasteiger partial charge in [0.05, 0.1) is 5.69 Å². The zero-order valence-corrected chi connectivity index (χ0v) is 14.3. The molecule has 0 amide bonds. The van der Waals surface area contributed by atoms with Crippen LogP contribution in [0.15, 0.2) is 0 Å². The highest BCUT2D eigenvalue weighted by Crippen LogP contribution is 2.34. The molecule has 0 unspecified atom stereocenters. The maximum absolute atomic E-state index is 4.90. The first-order chi connectivity index (χ1) is 9.55. The van der Waals surface area contributed by atoms with Crippen LogP contribution in [0.2, 0.25) is 0 Å². The van der Waals surface area contributed by atoms with Gasteiger partial charge in [0.2, 0.25) is 0 Å². The lowest BCUT2D eigenvalue weighted by Gasteiger charge is -2.22. The summed E-state index contributed by atoms with van der Waals surface area (Å²) in [6, 6.07) is 0. The summed E-state index contributed by atoms with van der Waals surface area (Å²) in [6.07, 6.45) is 4.93. The van der Waals surface area contributed by atoms with Crippen LogP contribution in [0.25, 0.3) is 0 Å². The standard InChI is InChI=1S/C16H29N3S/c1-5-13-14(12-17-6-2)20-15(18-13)19-10-7-8-16(3,4)9-11-19/h17H,5-12H2,1-4H3. The molecule has 4 heteroatoms. The normalized spacial score (nSPS) is 19.1. The SMILES string of the molecule is CCNCc1sc(N2CCCC(C)(C)CC2)nc1CC. The molecule has 1 fully saturated rings. The topological polar surface area (TPSA) is 28.2 Å². The van der Waals surface area contributed by atoms with Crippen molar-refractivity contribution in [1.29, 1.82) is 0 Å². The molecular formula is C16H29N3S. The van der Waals surface area contributed by atoms with Gasteiger partial charge in [-0.1, -0.05) is 27.7 Å². The average molecular weight is 295 g/mol. The highest BCUT2D eigenvalue weighted by Gasteiger charge is 2.25. The van der Waals surface area contributed by atoms with Gasteiger partial charge < -0.3 is 10.2 Å². The summed E-state index contributed by atoms with van der Waals surface area (Å²) >= 11 is 1.89. The van der Waals surface area contributed by atoms with Crippen molar-refractivity contribution in [1.82, 2.24) is 10.3 Å². The third kappa shape index (κ3) is 3.95. The summed E-state index contributed by atoms with van der Waals surface area (Å²) in [5.74, 6) is 0. The number of nitrogens with one attached hydrogen (secondary N) is 1. The molecule has 0 spiro atoms. The van der Waals surface area contributed by atoms with E-state index in [0.717, 1.165) is 26.1 Å². The van der Waals surface area contributed by atoms with Crippen LogP contribution < -0.4 is 10.2 Å². The highest BCUT2D eigenvalue weighted by atomic mass is 32.1. The molecule has 20 heavy (non-hydrogen) atoms. The minimum Gasteiger partial charge on any atom is -0.348 e. The van der Waals surface area contributed by atoms with E-state index in [1.807, 2.05) is 11.3 Å². The third-order valence-electron chi connectivity index (χ3n) is 4.25. The van der Waals surface area contributed by atoms with E-state index in [2.05, 4.69) is 37.9 Å². The van der Waals surface area contributed by atoms with Gasteiger partial charge in [0.1, 0.15) is 0 Å². The van der Waals surface area contributed by atoms with E-state index in [-0.39, 0.29) is 0 Å². The molecule has 1 N–H and O–H groups in total. The van der Waals surface area contributed by atoms with Gasteiger partial charge in [0, 0.05) is 24.5 Å². The molecule has 1 aliphatic rings. The van der Waals surface area contributed by atoms with E-state index in [1.165, 1.54) is 41.5 Å². The number of aryl methyl sites for hydroxylation is 1. The predicted molar refractivity (Wildman–Crippen MR) is 88.7 cm³/mol. The molecule has 0 radical (unpaired) electrons. The molecule has 0 bridgehead atoms. The molecule has 1 saturated heterocycles. The van der Waals surface area contributed by atoms with Crippen LogP contribution in [0, 0.1) is 5.41 Å². The molecule has 2 heterocycles. The number of hydrogen-bond acceptors (Lipinski definition) is 4. The second-order valence-corrected chi connectivity index (χ2v) is 7.57. The van der Waals surface area contributed by atoms with Crippen LogP contribution in [0.1, 0.15) is 57.5 Å². The Morgan fingerprint density at radius 3 is 2.75 bits per heavy atom. The molecular weight excluding hydrogens is 266 g/mol. The minimum atomic E-state index is 0.492. The van der Waals surface area contributed by atoms with Crippen LogP contribution in [0.3, 0.4) is 0 Å². The van der Waals surface area contributed by atoms with Gasteiger partial charge in [0.15, 0.2) is 5.13 Å². The molecule has 1 aliphatic heterocycles. The first kappa shape index (κ1) is 15.8. The molecule has 3 nitrogen and oxygen atoms in total. The summed E-state index contributed by atoms with van der Waals surface area (Å²) in [6.45, 7) is 13.5. The predicted octanol–water partition coefficient (Wildman–Crippen LogP) is 3.83. The Bertz CT molecular complexity index is 425. The van der Waals surface area contributed by atoms with Gasteiger partial charge in [-0.05, 0) is 37.6 Å². The Hall–Kier alpha value is -0.610. The molecule has 0 aromatic carbocycles. The van der Waals surface area contributed by atoms with Crippen molar-refractivity contribution in [2.75, 3.05) is 24.5 Å². The molecule has 0 aliphatic carbocycles. The maximum Gasteiger partial charge on any atom is 0.185 e. The van der Waals surface area contributed by atoms with Crippen LogP contribution in [-0.2, 0) is 13.0 Å². The molecule has 114 valence electrons. The van der Waals surface area contributed by atoms with Crippen LogP contribution in [-0.4, -0.2) is 24.6 Å². The number of aromatic nitrogens is 1. The van der Waals surface area contributed by atoms with Crippen molar-refractivity contribution in [3.8, 4) is 0 Å². The van der Waals surface area contributed by atoms with E-state index in [0.29, 0.717) is 5.41 Å². The number of thiazole rings is 1.